The van der Waals surface area contributed by atoms with Crippen LogP contribution >= 0.6 is 11.6 Å². The predicted octanol–water partition coefficient (Wildman–Crippen LogP) is 3.71. The summed E-state index contributed by atoms with van der Waals surface area (Å²) in [5.74, 6) is 1.54. The minimum atomic E-state index is -0.303. The highest BCUT2D eigenvalue weighted by Crippen LogP contribution is 2.31. The number of halogens is 1. The normalized spacial score (nSPS) is 12.1. The summed E-state index contributed by atoms with van der Waals surface area (Å²) in [7, 11) is 3.26. The highest BCUT2D eigenvalue weighted by Gasteiger charge is 2.14. The van der Waals surface area contributed by atoms with Crippen LogP contribution in [0.3, 0.4) is 0 Å². The average molecular weight is 292 g/mol. The van der Waals surface area contributed by atoms with Gasteiger partial charge in [-0.2, -0.15) is 0 Å². The molecule has 0 aliphatic carbocycles. The van der Waals surface area contributed by atoms with Gasteiger partial charge in [0.2, 0.25) is 0 Å². The first-order chi connectivity index (χ1) is 9.56. The number of hydrogen-bond donors (Lipinski definition) is 1. The highest BCUT2D eigenvalue weighted by molar-refractivity contribution is 6.31. The van der Waals surface area contributed by atoms with Crippen LogP contribution in [0.5, 0.6) is 11.5 Å². The van der Waals surface area contributed by atoms with E-state index in [1.54, 1.807) is 20.3 Å². The zero-order chi connectivity index (χ0) is 14.7. The zero-order valence-corrected chi connectivity index (χ0v) is 12.6. The fourth-order valence-corrected chi connectivity index (χ4v) is 2.38. The van der Waals surface area contributed by atoms with E-state index < -0.39 is 0 Å². The van der Waals surface area contributed by atoms with Gasteiger partial charge < -0.3 is 15.2 Å². The van der Waals surface area contributed by atoms with E-state index in [9.17, 15) is 0 Å². The van der Waals surface area contributed by atoms with Crippen molar-refractivity contribution < 1.29 is 9.47 Å². The van der Waals surface area contributed by atoms with Crippen LogP contribution in [0, 0.1) is 6.92 Å². The number of benzene rings is 2. The Hall–Kier alpha value is -1.71. The summed E-state index contributed by atoms with van der Waals surface area (Å²) in [4.78, 5) is 0. The second kappa shape index (κ2) is 6.16. The lowest BCUT2D eigenvalue weighted by molar-refractivity contribution is 0.411. The largest absolute Gasteiger partial charge is 0.497 e. The van der Waals surface area contributed by atoms with E-state index in [4.69, 9.17) is 26.8 Å². The molecule has 0 heterocycles. The number of hydrogen-bond acceptors (Lipinski definition) is 3. The Morgan fingerprint density at radius 2 is 1.80 bits per heavy atom. The lowest BCUT2D eigenvalue weighted by Crippen LogP contribution is -2.12. The summed E-state index contributed by atoms with van der Waals surface area (Å²) < 4.78 is 10.5. The summed E-state index contributed by atoms with van der Waals surface area (Å²) in [6.45, 7) is 1.99. The third-order valence-corrected chi connectivity index (χ3v) is 3.66. The van der Waals surface area contributed by atoms with Gasteiger partial charge in [0.05, 0.1) is 20.3 Å². The molecule has 2 rings (SSSR count). The Bertz CT molecular complexity index is 613. The zero-order valence-electron chi connectivity index (χ0n) is 11.8. The smallest absolute Gasteiger partial charge is 0.122 e. The number of methoxy groups -OCH3 is 2. The lowest BCUT2D eigenvalue weighted by atomic mass is 9.98. The van der Waals surface area contributed by atoms with Crippen LogP contribution in [0.1, 0.15) is 22.7 Å². The molecule has 20 heavy (non-hydrogen) atoms. The van der Waals surface area contributed by atoms with Gasteiger partial charge in [0, 0.05) is 5.02 Å². The Morgan fingerprint density at radius 1 is 1.05 bits per heavy atom. The maximum atomic E-state index is 6.30. The van der Waals surface area contributed by atoms with Gasteiger partial charge >= 0.3 is 0 Å². The maximum Gasteiger partial charge on any atom is 0.122 e. The highest BCUT2D eigenvalue weighted by atomic mass is 35.5. The molecular weight excluding hydrogens is 274 g/mol. The molecule has 2 aromatic rings. The summed E-state index contributed by atoms with van der Waals surface area (Å²) in [6, 6.07) is 11.1. The van der Waals surface area contributed by atoms with Gasteiger partial charge in [0.1, 0.15) is 11.5 Å². The molecule has 2 aromatic carbocycles. The van der Waals surface area contributed by atoms with Crippen LogP contribution in [-0.4, -0.2) is 14.2 Å². The van der Waals surface area contributed by atoms with Crippen molar-refractivity contribution in [1.29, 1.82) is 0 Å². The minimum absolute atomic E-state index is 0.303. The maximum absolute atomic E-state index is 6.30. The predicted molar refractivity (Wildman–Crippen MR) is 81.8 cm³/mol. The average Bonchev–Trinajstić information content (AvgIpc) is 2.47. The van der Waals surface area contributed by atoms with Gasteiger partial charge in [-0.25, -0.2) is 0 Å². The van der Waals surface area contributed by atoms with Crippen LogP contribution in [-0.2, 0) is 0 Å². The topological polar surface area (TPSA) is 44.5 Å². The second-order valence-corrected chi connectivity index (χ2v) is 5.00. The standard InChI is InChI=1S/C16H18ClNO2/c1-10-4-5-11(8-15(10)20-3)16(18)13-7-6-12(19-2)9-14(13)17/h4-9,16H,18H2,1-3H3. The Balaban J connectivity index is 2.38. The van der Waals surface area contributed by atoms with Crippen LogP contribution in [0.4, 0.5) is 0 Å². The summed E-state index contributed by atoms with van der Waals surface area (Å²) in [6.07, 6.45) is 0. The molecule has 0 amide bonds. The molecule has 0 bridgehead atoms. The van der Waals surface area contributed by atoms with E-state index in [1.165, 1.54) is 0 Å². The first kappa shape index (κ1) is 14.7. The van der Waals surface area contributed by atoms with Crippen LogP contribution in [0.25, 0.3) is 0 Å². The van der Waals surface area contributed by atoms with Gasteiger partial charge in [0.15, 0.2) is 0 Å². The van der Waals surface area contributed by atoms with Crippen molar-refractivity contribution in [3.8, 4) is 11.5 Å². The number of nitrogens with two attached hydrogens (primary N) is 1. The van der Waals surface area contributed by atoms with Gasteiger partial charge in [-0.3, -0.25) is 0 Å². The quantitative estimate of drug-likeness (QED) is 0.934. The lowest BCUT2D eigenvalue weighted by Gasteiger charge is -2.16. The molecule has 0 saturated carbocycles. The number of rotatable bonds is 4. The van der Waals surface area contributed by atoms with Crippen molar-refractivity contribution in [1.82, 2.24) is 0 Å². The molecule has 1 atom stereocenters. The molecule has 0 fully saturated rings. The summed E-state index contributed by atoms with van der Waals surface area (Å²) in [5.41, 5.74) is 9.19. The fraction of sp³-hybridized carbons (Fsp3) is 0.250. The van der Waals surface area contributed by atoms with Crippen LogP contribution in [0.15, 0.2) is 36.4 Å². The first-order valence-electron chi connectivity index (χ1n) is 6.30. The van der Waals surface area contributed by atoms with E-state index in [0.717, 1.165) is 22.4 Å². The molecule has 4 heteroatoms. The van der Waals surface area contributed by atoms with Crippen LogP contribution < -0.4 is 15.2 Å². The van der Waals surface area contributed by atoms with Gasteiger partial charge in [-0.05, 0) is 41.8 Å². The molecule has 0 aromatic heterocycles. The van der Waals surface area contributed by atoms with Crippen molar-refractivity contribution in [2.75, 3.05) is 14.2 Å². The molecule has 106 valence electrons. The minimum Gasteiger partial charge on any atom is -0.497 e. The molecule has 0 saturated heterocycles. The third kappa shape index (κ3) is 2.89. The van der Waals surface area contributed by atoms with E-state index in [2.05, 4.69) is 0 Å². The van der Waals surface area contributed by atoms with Crippen molar-refractivity contribution in [2.24, 2.45) is 5.73 Å². The van der Waals surface area contributed by atoms with E-state index >= 15 is 0 Å². The number of ether oxygens (including phenoxy) is 2. The Kier molecular flexibility index (Phi) is 4.53. The van der Waals surface area contributed by atoms with Crippen molar-refractivity contribution in [2.45, 2.75) is 13.0 Å². The molecule has 1 unspecified atom stereocenters. The molecule has 0 radical (unpaired) electrons. The monoisotopic (exact) mass is 291 g/mol. The van der Waals surface area contributed by atoms with Gasteiger partial charge in [-0.1, -0.05) is 29.8 Å². The Morgan fingerprint density at radius 3 is 2.40 bits per heavy atom. The molecular formula is C16H18ClNO2. The van der Waals surface area contributed by atoms with Crippen LogP contribution in [0.2, 0.25) is 5.02 Å². The summed E-state index contributed by atoms with van der Waals surface area (Å²) in [5, 5.41) is 0.594. The molecule has 0 aliphatic rings. The van der Waals surface area contributed by atoms with Crippen molar-refractivity contribution >= 4 is 11.6 Å². The first-order valence-corrected chi connectivity index (χ1v) is 6.68. The van der Waals surface area contributed by atoms with Crippen molar-refractivity contribution in [3.63, 3.8) is 0 Å². The number of aryl methyl sites for hydroxylation is 1. The molecule has 3 nitrogen and oxygen atoms in total. The Labute approximate surface area is 124 Å². The molecule has 0 aliphatic heterocycles. The summed E-state index contributed by atoms with van der Waals surface area (Å²) >= 11 is 6.27. The van der Waals surface area contributed by atoms with E-state index in [1.807, 2.05) is 37.3 Å². The van der Waals surface area contributed by atoms with E-state index in [0.29, 0.717) is 10.8 Å². The van der Waals surface area contributed by atoms with Gasteiger partial charge in [-0.15, -0.1) is 0 Å². The van der Waals surface area contributed by atoms with E-state index in [-0.39, 0.29) is 6.04 Å². The third-order valence-electron chi connectivity index (χ3n) is 3.33. The van der Waals surface area contributed by atoms with Gasteiger partial charge in [0.25, 0.3) is 0 Å². The molecule has 0 spiro atoms. The second-order valence-electron chi connectivity index (χ2n) is 4.59. The SMILES string of the molecule is COc1ccc(C(N)c2ccc(C)c(OC)c2)c(Cl)c1. The van der Waals surface area contributed by atoms with Crippen molar-refractivity contribution in [3.05, 3.63) is 58.1 Å². The molecule has 2 N–H and O–H groups in total. The fourth-order valence-electron chi connectivity index (χ4n) is 2.10.